The summed E-state index contributed by atoms with van der Waals surface area (Å²) in [5.41, 5.74) is 1.36. The normalized spacial score (nSPS) is 25.4. The van der Waals surface area contributed by atoms with Gasteiger partial charge < -0.3 is 10.0 Å². The van der Waals surface area contributed by atoms with Crippen molar-refractivity contribution in [2.75, 3.05) is 13.1 Å². The smallest absolute Gasteiger partial charge is 0.307 e. The van der Waals surface area contributed by atoms with Gasteiger partial charge in [-0.1, -0.05) is 43.2 Å². The van der Waals surface area contributed by atoms with Crippen molar-refractivity contribution in [3.8, 4) is 0 Å². The zero-order valence-electron chi connectivity index (χ0n) is 14.2. The number of likely N-dealkylation sites (tertiary alicyclic amines) is 1. The fraction of sp³-hybridized carbons (Fsp3) is 0.600. The molecule has 1 amide bonds. The SMILES string of the molecule is O=C(O)[C@@H]1CCCC[C@@H]1C(=O)N1CCC(Cc2ccccc2)CC1. The number of rotatable bonds is 4. The minimum atomic E-state index is -0.799. The first-order valence-electron chi connectivity index (χ1n) is 9.20. The molecule has 2 fully saturated rings. The molecule has 1 N–H and O–H groups in total. The number of hydrogen-bond donors (Lipinski definition) is 1. The van der Waals surface area contributed by atoms with Gasteiger partial charge in [0.1, 0.15) is 0 Å². The molecule has 4 heteroatoms. The Morgan fingerprint density at radius 1 is 0.958 bits per heavy atom. The van der Waals surface area contributed by atoms with Gasteiger partial charge in [-0.3, -0.25) is 9.59 Å². The molecule has 0 spiro atoms. The first-order valence-corrected chi connectivity index (χ1v) is 9.20. The molecule has 1 saturated heterocycles. The second kappa shape index (κ2) is 7.82. The van der Waals surface area contributed by atoms with Crippen LogP contribution in [-0.2, 0) is 16.0 Å². The Kier molecular flexibility index (Phi) is 5.54. The number of aliphatic carboxylic acids is 1. The van der Waals surface area contributed by atoms with Crippen LogP contribution < -0.4 is 0 Å². The number of carbonyl (C=O) groups is 2. The van der Waals surface area contributed by atoms with Crippen LogP contribution in [0.5, 0.6) is 0 Å². The van der Waals surface area contributed by atoms with Gasteiger partial charge in [-0.15, -0.1) is 0 Å². The summed E-state index contributed by atoms with van der Waals surface area (Å²) >= 11 is 0. The largest absolute Gasteiger partial charge is 0.481 e. The Morgan fingerprint density at radius 2 is 1.58 bits per heavy atom. The van der Waals surface area contributed by atoms with E-state index in [1.165, 1.54) is 5.56 Å². The lowest BCUT2D eigenvalue weighted by atomic mass is 9.78. The van der Waals surface area contributed by atoms with E-state index in [-0.39, 0.29) is 11.8 Å². The van der Waals surface area contributed by atoms with Crippen LogP contribution in [0, 0.1) is 17.8 Å². The van der Waals surface area contributed by atoms with E-state index in [0.717, 1.165) is 51.6 Å². The van der Waals surface area contributed by atoms with Crippen LogP contribution in [-0.4, -0.2) is 35.0 Å². The van der Waals surface area contributed by atoms with Gasteiger partial charge in [0.05, 0.1) is 11.8 Å². The summed E-state index contributed by atoms with van der Waals surface area (Å²) in [5, 5.41) is 9.39. The lowest BCUT2D eigenvalue weighted by Gasteiger charge is -2.37. The molecular weight excluding hydrogens is 302 g/mol. The second-order valence-electron chi connectivity index (χ2n) is 7.29. The molecule has 1 aliphatic heterocycles. The van der Waals surface area contributed by atoms with Crippen molar-refractivity contribution in [3.63, 3.8) is 0 Å². The third-order valence-corrected chi connectivity index (χ3v) is 5.69. The highest BCUT2D eigenvalue weighted by molar-refractivity contribution is 5.85. The lowest BCUT2D eigenvalue weighted by molar-refractivity contribution is -0.152. The van der Waals surface area contributed by atoms with E-state index in [1.54, 1.807) is 0 Å². The van der Waals surface area contributed by atoms with Crippen molar-refractivity contribution in [2.24, 2.45) is 17.8 Å². The number of hydrogen-bond acceptors (Lipinski definition) is 2. The maximum absolute atomic E-state index is 12.8. The molecule has 4 nitrogen and oxygen atoms in total. The van der Waals surface area contributed by atoms with Crippen LogP contribution in [0.15, 0.2) is 30.3 Å². The fourth-order valence-electron chi connectivity index (χ4n) is 4.26. The Bertz CT molecular complexity index is 564. The fourth-order valence-corrected chi connectivity index (χ4v) is 4.26. The monoisotopic (exact) mass is 329 g/mol. The molecule has 0 radical (unpaired) electrons. The van der Waals surface area contributed by atoms with Crippen LogP contribution in [0.25, 0.3) is 0 Å². The summed E-state index contributed by atoms with van der Waals surface area (Å²) < 4.78 is 0. The molecule has 2 atom stereocenters. The van der Waals surface area contributed by atoms with Gasteiger partial charge in [-0.25, -0.2) is 0 Å². The van der Waals surface area contributed by atoms with Crippen molar-refractivity contribution < 1.29 is 14.7 Å². The second-order valence-corrected chi connectivity index (χ2v) is 7.29. The van der Waals surface area contributed by atoms with Crippen molar-refractivity contribution in [1.29, 1.82) is 0 Å². The van der Waals surface area contributed by atoms with Gasteiger partial charge in [0.15, 0.2) is 0 Å². The number of carboxylic acids is 1. The molecule has 130 valence electrons. The number of carbonyl (C=O) groups excluding carboxylic acids is 1. The van der Waals surface area contributed by atoms with Gasteiger partial charge in [-0.2, -0.15) is 0 Å². The zero-order chi connectivity index (χ0) is 16.9. The van der Waals surface area contributed by atoms with Crippen molar-refractivity contribution >= 4 is 11.9 Å². The number of amides is 1. The van der Waals surface area contributed by atoms with Gasteiger partial charge in [0.2, 0.25) is 5.91 Å². The highest BCUT2D eigenvalue weighted by atomic mass is 16.4. The standard InChI is InChI=1S/C20H27NO3/c22-19(17-8-4-5-9-18(17)20(23)24)21-12-10-16(11-13-21)14-15-6-2-1-3-7-15/h1-3,6-7,16-18H,4-5,8-14H2,(H,23,24)/t17-,18+/m0/s1. The van der Waals surface area contributed by atoms with E-state index < -0.39 is 11.9 Å². The van der Waals surface area contributed by atoms with E-state index in [4.69, 9.17) is 0 Å². The van der Waals surface area contributed by atoms with Gasteiger partial charge in [0, 0.05) is 13.1 Å². The van der Waals surface area contributed by atoms with E-state index in [9.17, 15) is 14.7 Å². The van der Waals surface area contributed by atoms with Crippen LogP contribution in [0.1, 0.15) is 44.1 Å². The molecule has 1 heterocycles. The summed E-state index contributed by atoms with van der Waals surface area (Å²) in [6.45, 7) is 1.55. The summed E-state index contributed by atoms with van der Waals surface area (Å²) in [6, 6.07) is 10.5. The lowest BCUT2D eigenvalue weighted by Crippen LogP contribution is -2.46. The summed E-state index contributed by atoms with van der Waals surface area (Å²) in [6.07, 6.45) is 6.40. The summed E-state index contributed by atoms with van der Waals surface area (Å²) in [5.74, 6) is -0.874. The highest BCUT2D eigenvalue weighted by Crippen LogP contribution is 2.33. The minimum Gasteiger partial charge on any atom is -0.481 e. The minimum absolute atomic E-state index is 0.0836. The third kappa shape index (κ3) is 3.97. The molecule has 1 aliphatic carbocycles. The molecule has 0 unspecified atom stereocenters. The average Bonchev–Trinajstić information content (AvgIpc) is 2.62. The average molecular weight is 329 g/mol. The maximum atomic E-state index is 12.8. The molecule has 1 aromatic rings. The van der Waals surface area contributed by atoms with Gasteiger partial charge in [0.25, 0.3) is 0 Å². The molecular formula is C20H27NO3. The first-order chi connectivity index (χ1) is 11.6. The maximum Gasteiger partial charge on any atom is 0.307 e. The third-order valence-electron chi connectivity index (χ3n) is 5.69. The molecule has 0 bridgehead atoms. The van der Waals surface area contributed by atoms with Crippen molar-refractivity contribution in [3.05, 3.63) is 35.9 Å². The van der Waals surface area contributed by atoms with Gasteiger partial charge in [-0.05, 0) is 43.6 Å². The molecule has 2 aliphatic rings. The van der Waals surface area contributed by atoms with Crippen LogP contribution in [0.3, 0.4) is 0 Å². The zero-order valence-corrected chi connectivity index (χ0v) is 14.2. The van der Waals surface area contributed by atoms with Crippen molar-refractivity contribution in [2.45, 2.75) is 44.9 Å². The van der Waals surface area contributed by atoms with E-state index >= 15 is 0 Å². The Labute approximate surface area is 143 Å². The van der Waals surface area contributed by atoms with Crippen molar-refractivity contribution in [1.82, 2.24) is 4.90 Å². The number of nitrogens with zero attached hydrogens (tertiary/aromatic N) is 1. The molecule has 0 aromatic heterocycles. The van der Waals surface area contributed by atoms with Crippen LogP contribution >= 0.6 is 0 Å². The van der Waals surface area contributed by atoms with Gasteiger partial charge >= 0.3 is 5.97 Å². The topological polar surface area (TPSA) is 57.6 Å². The van der Waals surface area contributed by atoms with Crippen LogP contribution in [0.4, 0.5) is 0 Å². The number of carboxylic acid groups (broad SMARTS) is 1. The highest BCUT2D eigenvalue weighted by Gasteiger charge is 2.38. The predicted molar refractivity (Wildman–Crippen MR) is 92.5 cm³/mol. The summed E-state index contributed by atoms with van der Waals surface area (Å²) in [4.78, 5) is 26.2. The van der Waals surface area contributed by atoms with E-state index in [1.807, 2.05) is 11.0 Å². The molecule has 1 aromatic carbocycles. The first kappa shape index (κ1) is 17.0. The number of benzene rings is 1. The van der Waals surface area contributed by atoms with E-state index in [2.05, 4.69) is 24.3 Å². The molecule has 1 saturated carbocycles. The van der Waals surface area contributed by atoms with Crippen LogP contribution in [0.2, 0.25) is 0 Å². The Balaban J connectivity index is 1.54. The van der Waals surface area contributed by atoms with E-state index in [0.29, 0.717) is 12.3 Å². The molecule has 3 rings (SSSR count). The number of piperidine rings is 1. The molecule has 24 heavy (non-hydrogen) atoms. The quantitative estimate of drug-likeness (QED) is 0.921. The predicted octanol–water partition coefficient (Wildman–Crippen LogP) is 3.36. The Morgan fingerprint density at radius 3 is 2.21 bits per heavy atom. The Hall–Kier alpha value is -1.84. The summed E-state index contributed by atoms with van der Waals surface area (Å²) in [7, 11) is 0.